The molecular formula is C20H25N5O5. The number of hydrogen-bond donors (Lipinski definition) is 4. The van der Waals surface area contributed by atoms with Crippen LogP contribution in [0.5, 0.6) is 0 Å². The fraction of sp³-hybridized carbons (Fsp3) is 0.450. The van der Waals surface area contributed by atoms with Crippen molar-refractivity contribution in [2.24, 2.45) is 5.73 Å². The highest BCUT2D eigenvalue weighted by atomic mass is 16.2. The number of nitrogens with two attached hydrogens (primary N) is 1. The van der Waals surface area contributed by atoms with Crippen LogP contribution in [0.15, 0.2) is 18.2 Å². The van der Waals surface area contributed by atoms with E-state index in [1.165, 1.54) is 6.07 Å². The Bertz CT molecular complexity index is 884. The number of carbonyl (C=O) groups excluding carboxylic acids is 5. The molecule has 0 saturated carbocycles. The number of carbonyl (C=O) groups is 5. The first-order chi connectivity index (χ1) is 14.4. The summed E-state index contributed by atoms with van der Waals surface area (Å²) in [5.74, 6) is -2.67. The van der Waals surface area contributed by atoms with Crippen molar-refractivity contribution in [3.63, 3.8) is 0 Å². The fourth-order valence-corrected chi connectivity index (χ4v) is 3.55. The van der Waals surface area contributed by atoms with Crippen molar-refractivity contribution in [1.82, 2.24) is 15.5 Å². The summed E-state index contributed by atoms with van der Waals surface area (Å²) in [5, 5.41) is 7.98. The van der Waals surface area contributed by atoms with Gasteiger partial charge in [-0.2, -0.15) is 0 Å². The first-order valence-corrected chi connectivity index (χ1v) is 9.99. The molecule has 0 aliphatic carbocycles. The zero-order valence-corrected chi connectivity index (χ0v) is 16.5. The minimum Gasteiger partial charge on any atom is -0.330 e. The van der Waals surface area contributed by atoms with Gasteiger partial charge in [-0.05, 0) is 44.5 Å². The Labute approximate surface area is 173 Å². The number of imide groups is 2. The number of anilines is 1. The highest BCUT2D eigenvalue weighted by Gasteiger charge is 2.45. The molecule has 30 heavy (non-hydrogen) atoms. The van der Waals surface area contributed by atoms with Crippen LogP contribution in [0.4, 0.5) is 5.69 Å². The molecular weight excluding hydrogens is 390 g/mol. The zero-order chi connectivity index (χ0) is 21.7. The first kappa shape index (κ1) is 21.6. The number of unbranched alkanes of at least 4 members (excludes halogenated alkanes) is 1. The van der Waals surface area contributed by atoms with Crippen molar-refractivity contribution in [2.45, 2.75) is 38.1 Å². The van der Waals surface area contributed by atoms with Gasteiger partial charge in [0.2, 0.25) is 17.7 Å². The van der Waals surface area contributed by atoms with Crippen molar-refractivity contribution in [3.05, 3.63) is 29.3 Å². The molecule has 1 aromatic rings. The molecule has 1 unspecified atom stereocenters. The highest BCUT2D eigenvalue weighted by Crippen LogP contribution is 2.32. The third-order valence-corrected chi connectivity index (χ3v) is 5.08. The van der Waals surface area contributed by atoms with E-state index < -0.39 is 29.7 Å². The van der Waals surface area contributed by atoms with Crippen LogP contribution in [0.3, 0.4) is 0 Å². The molecule has 5 amide bonds. The number of rotatable bonds is 9. The van der Waals surface area contributed by atoms with Crippen molar-refractivity contribution < 1.29 is 24.0 Å². The van der Waals surface area contributed by atoms with Gasteiger partial charge < -0.3 is 16.4 Å². The van der Waals surface area contributed by atoms with Gasteiger partial charge in [-0.15, -0.1) is 0 Å². The van der Waals surface area contributed by atoms with Gasteiger partial charge in [-0.25, -0.2) is 0 Å². The van der Waals surface area contributed by atoms with Crippen LogP contribution in [0, 0.1) is 0 Å². The van der Waals surface area contributed by atoms with Gasteiger partial charge in [0.15, 0.2) is 0 Å². The Morgan fingerprint density at radius 3 is 2.67 bits per heavy atom. The Hall–Kier alpha value is -3.11. The number of benzene rings is 1. The van der Waals surface area contributed by atoms with E-state index in [4.69, 9.17) is 5.73 Å². The van der Waals surface area contributed by atoms with Gasteiger partial charge in [0, 0.05) is 19.4 Å². The van der Waals surface area contributed by atoms with Crippen LogP contribution in [0.2, 0.25) is 0 Å². The standard InChI is InChI=1S/C20H25N5O5/c21-9-1-2-10-22-11-8-16(27)23-13-5-3-4-12-17(13)20(30)25(19(12)29)14-6-7-15(26)24-18(14)28/h3-5,14,22H,1-2,6-11,21H2,(H,23,27)(H,24,26,28). The van der Waals surface area contributed by atoms with E-state index in [1.807, 2.05) is 0 Å². The summed E-state index contributed by atoms with van der Waals surface area (Å²) in [4.78, 5) is 62.4. The zero-order valence-electron chi connectivity index (χ0n) is 16.5. The predicted octanol–water partition coefficient (Wildman–Crippen LogP) is -0.255. The second-order valence-corrected chi connectivity index (χ2v) is 7.22. The summed E-state index contributed by atoms with van der Waals surface area (Å²) >= 11 is 0. The monoisotopic (exact) mass is 415 g/mol. The van der Waals surface area contributed by atoms with E-state index in [9.17, 15) is 24.0 Å². The molecule has 0 bridgehead atoms. The van der Waals surface area contributed by atoms with Crippen LogP contribution in [0.25, 0.3) is 0 Å². The van der Waals surface area contributed by atoms with Gasteiger partial charge in [0.25, 0.3) is 11.8 Å². The molecule has 0 spiro atoms. The van der Waals surface area contributed by atoms with Gasteiger partial charge in [0.05, 0.1) is 16.8 Å². The third kappa shape index (κ3) is 4.55. The molecule has 1 aromatic carbocycles. The summed E-state index contributed by atoms with van der Waals surface area (Å²) in [6.07, 6.45) is 2.16. The average Bonchev–Trinajstić information content (AvgIpc) is 2.96. The van der Waals surface area contributed by atoms with E-state index in [1.54, 1.807) is 12.1 Å². The molecule has 160 valence electrons. The largest absolute Gasteiger partial charge is 0.330 e. The molecule has 0 aromatic heterocycles. The number of nitrogens with zero attached hydrogens (tertiary/aromatic N) is 1. The molecule has 2 heterocycles. The highest BCUT2D eigenvalue weighted by molar-refractivity contribution is 6.26. The normalized spacial score (nSPS) is 18.4. The van der Waals surface area contributed by atoms with E-state index in [0.29, 0.717) is 13.1 Å². The van der Waals surface area contributed by atoms with E-state index >= 15 is 0 Å². The summed E-state index contributed by atoms with van der Waals surface area (Å²) in [6.45, 7) is 1.86. The van der Waals surface area contributed by atoms with Crippen LogP contribution in [0.1, 0.15) is 52.8 Å². The van der Waals surface area contributed by atoms with E-state index in [0.717, 1.165) is 24.3 Å². The first-order valence-electron chi connectivity index (χ1n) is 9.99. The predicted molar refractivity (Wildman–Crippen MR) is 108 cm³/mol. The SMILES string of the molecule is NCCCCNCCC(=O)Nc1cccc2c1C(=O)N(C1CCC(=O)NC1=O)C2=O. The quantitative estimate of drug-likeness (QED) is 0.321. The summed E-state index contributed by atoms with van der Waals surface area (Å²) < 4.78 is 0. The van der Waals surface area contributed by atoms with Crippen LogP contribution in [-0.2, 0) is 14.4 Å². The molecule has 3 rings (SSSR count). The van der Waals surface area contributed by atoms with Crippen LogP contribution in [-0.4, -0.2) is 60.1 Å². The Balaban J connectivity index is 1.67. The molecule has 5 N–H and O–H groups in total. The lowest BCUT2D eigenvalue weighted by Crippen LogP contribution is -2.54. The molecule has 1 saturated heterocycles. The second-order valence-electron chi connectivity index (χ2n) is 7.22. The minimum atomic E-state index is -1.05. The number of fused-ring (bicyclic) bond motifs is 1. The Morgan fingerprint density at radius 2 is 1.93 bits per heavy atom. The van der Waals surface area contributed by atoms with Crippen molar-refractivity contribution in [3.8, 4) is 0 Å². The molecule has 0 radical (unpaired) electrons. The number of nitrogens with one attached hydrogen (secondary N) is 3. The molecule has 1 atom stereocenters. The van der Waals surface area contributed by atoms with Crippen molar-refractivity contribution >= 4 is 35.2 Å². The topological polar surface area (TPSA) is 151 Å². The van der Waals surface area contributed by atoms with Gasteiger partial charge in [0.1, 0.15) is 6.04 Å². The smallest absolute Gasteiger partial charge is 0.264 e. The van der Waals surface area contributed by atoms with Gasteiger partial charge in [-0.3, -0.25) is 34.2 Å². The molecule has 1 fully saturated rings. The maximum atomic E-state index is 13.0. The van der Waals surface area contributed by atoms with E-state index in [2.05, 4.69) is 16.0 Å². The lowest BCUT2D eigenvalue weighted by atomic mass is 10.0. The van der Waals surface area contributed by atoms with E-state index in [-0.39, 0.29) is 42.0 Å². The van der Waals surface area contributed by atoms with Gasteiger partial charge in [-0.1, -0.05) is 6.07 Å². The minimum absolute atomic E-state index is 0.0473. The van der Waals surface area contributed by atoms with Gasteiger partial charge >= 0.3 is 0 Å². The fourth-order valence-electron chi connectivity index (χ4n) is 3.55. The maximum absolute atomic E-state index is 13.0. The molecule has 10 heteroatoms. The average molecular weight is 415 g/mol. The number of hydrogen-bond acceptors (Lipinski definition) is 7. The number of piperidine rings is 1. The maximum Gasteiger partial charge on any atom is 0.264 e. The summed E-state index contributed by atoms with van der Waals surface area (Å²) in [6, 6.07) is 3.55. The number of amides is 5. The lowest BCUT2D eigenvalue weighted by Gasteiger charge is -2.27. The molecule has 2 aliphatic rings. The molecule has 10 nitrogen and oxygen atoms in total. The lowest BCUT2D eigenvalue weighted by molar-refractivity contribution is -0.136. The molecule has 2 aliphatic heterocycles. The Kier molecular flexibility index (Phi) is 6.91. The second kappa shape index (κ2) is 9.59. The van der Waals surface area contributed by atoms with Crippen LogP contribution < -0.4 is 21.7 Å². The Morgan fingerprint density at radius 1 is 1.13 bits per heavy atom. The van der Waals surface area contributed by atoms with Crippen molar-refractivity contribution in [1.29, 1.82) is 0 Å². The van der Waals surface area contributed by atoms with Crippen LogP contribution >= 0.6 is 0 Å². The summed E-state index contributed by atoms with van der Waals surface area (Å²) in [7, 11) is 0. The third-order valence-electron chi connectivity index (χ3n) is 5.08. The van der Waals surface area contributed by atoms with Crippen molar-refractivity contribution in [2.75, 3.05) is 25.0 Å². The summed E-state index contributed by atoms with van der Waals surface area (Å²) in [5.41, 5.74) is 5.85.